The van der Waals surface area contributed by atoms with Gasteiger partial charge in [-0.25, -0.2) is 0 Å². The van der Waals surface area contributed by atoms with Crippen LogP contribution in [-0.4, -0.2) is 6.29 Å². The molecular weight excluding hydrogens is 100 g/mol. The van der Waals surface area contributed by atoms with Crippen LogP contribution in [0.5, 0.6) is 0 Å². The molecule has 0 unspecified atom stereocenters. The summed E-state index contributed by atoms with van der Waals surface area (Å²) in [6.07, 6.45) is 2.46. The quantitative estimate of drug-likeness (QED) is 0.510. The van der Waals surface area contributed by atoms with Crippen molar-refractivity contribution >= 4 is 6.29 Å². The Hall–Kier alpha value is -0.330. The Morgan fingerprint density at radius 3 is 2.25 bits per heavy atom. The van der Waals surface area contributed by atoms with Gasteiger partial charge in [0.15, 0.2) is 0 Å². The molecule has 0 aromatic rings. The van der Waals surface area contributed by atoms with Crippen molar-refractivity contribution in [2.24, 2.45) is 5.41 Å². The zero-order chi connectivity index (χ0) is 6.62. The van der Waals surface area contributed by atoms with E-state index < -0.39 is 0 Å². The van der Waals surface area contributed by atoms with E-state index in [0.29, 0.717) is 6.42 Å². The summed E-state index contributed by atoms with van der Waals surface area (Å²) in [6, 6.07) is 0. The summed E-state index contributed by atoms with van der Waals surface area (Å²) in [6.45, 7) is 7.90. The first-order chi connectivity index (χ1) is 3.56. The van der Waals surface area contributed by atoms with Crippen molar-refractivity contribution in [1.29, 1.82) is 0 Å². The van der Waals surface area contributed by atoms with Crippen molar-refractivity contribution in [1.82, 2.24) is 0 Å². The second-order valence-electron chi connectivity index (χ2n) is 2.87. The van der Waals surface area contributed by atoms with Crippen LogP contribution < -0.4 is 0 Å². The summed E-state index contributed by atoms with van der Waals surface area (Å²) in [5.74, 6) is 0. The van der Waals surface area contributed by atoms with E-state index in [0.717, 1.165) is 12.7 Å². The standard InChI is InChI=1S/C7H13O/c1-7(2,3)5-4-6-8/h6H,1,4-5H2,2-3H3. The van der Waals surface area contributed by atoms with Gasteiger partial charge in [0.05, 0.1) is 0 Å². The molecule has 0 fully saturated rings. The molecule has 1 nitrogen and oxygen atoms in total. The Bertz CT molecular complexity index is 68.9. The zero-order valence-electron chi connectivity index (χ0n) is 5.61. The summed E-state index contributed by atoms with van der Waals surface area (Å²) in [5.41, 5.74) is 0.0703. The number of carbonyl (C=O) groups is 1. The minimum Gasteiger partial charge on any atom is -0.303 e. The van der Waals surface area contributed by atoms with Crippen molar-refractivity contribution in [2.75, 3.05) is 0 Å². The second-order valence-corrected chi connectivity index (χ2v) is 2.87. The Labute approximate surface area is 51.1 Å². The lowest BCUT2D eigenvalue weighted by Crippen LogP contribution is -2.04. The van der Waals surface area contributed by atoms with Gasteiger partial charge in [-0.15, -0.1) is 0 Å². The topological polar surface area (TPSA) is 17.1 Å². The largest absolute Gasteiger partial charge is 0.303 e. The summed E-state index contributed by atoms with van der Waals surface area (Å²) in [5, 5.41) is 0. The highest BCUT2D eigenvalue weighted by Gasteiger charge is 2.07. The van der Waals surface area contributed by atoms with Crippen molar-refractivity contribution < 1.29 is 4.79 Å². The van der Waals surface area contributed by atoms with E-state index in [-0.39, 0.29) is 5.41 Å². The van der Waals surface area contributed by atoms with Crippen LogP contribution in [0.2, 0.25) is 0 Å². The van der Waals surface area contributed by atoms with Gasteiger partial charge in [-0.2, -0.15) is 0 Å². The van der Waals surface area contributed by atoms with Crippen molar-refractivity contribution in [3.8, 4) is 0 Å². The molecule has 0 aromatic heterocycles. The van der Waals surface area contributed by atoms with Crippen molar-refractivity contribution in [3.05, 3.63) is 6.92 Å². The number of rotatable bonds is 3. The average Bonchev–Trinajstić information content (AvgIpc) is 1.59. The first-order valence-corrected chi connectivity index (χ1v) is 2.85. The lowest BCUT2D eigenvalue weighted by atomic mass is 9.91. The van der Waals surface area contributed by atoms with Gasteiger partial charge in [0.25, 0.3) is 0 Å². The molecule has 0 amide bonds. The molecule has 0 rings (SSSR count). The molecule has 0 N–H and O–H groups in total. The summed E-state index contributed by atoms with van der Waals surface area (Å²) < 4.78 is 0. The van der Waals surface area contributed by atoms with Gasteiger partial charge in [0.1, 0.15) is 6.29 Å². The van der Waals surface area contributed by atoms with Gasteiger partial charge >= 0.3 is 0 Å². The smallest absolute Gasteiger partial charge is 0.120 e. The van der Waals surface area contributed by atoms with Crippen molar-refractivity contribution in [3.63, 3.8) is 0 Å². The van der Waals surface area contributed by atoms with Crippen LogP contribution in [0.3, 0.4) is 0 Å². The third-order valence-electron chi connectivity index (χ3n) is 0.939. The fourth-order valence-corrected chi connectivity index (χ4v) is 0.450. The van der Waals surface area contributed by atoms with Gasteiger partial charge in [-0.3, -0.25) is 0 Å². The predicted octanol–water partition coefficient (Wildman–Crippen LogP) is 1.83. The molecule has 0 saturated carbocycles. The number of hydrogen-bond donors (Lipinski definition) is 0. The van der Waals surface area contributed by atoms with E-state index in [1.54, 1.807) is 0 Å². The Morgan fingerprint density at radius 2 is 2.12 bits per heavy atom. The SMILES string of the molecule is [CH2]C(C)(C)CCC=O. The van der Waals surface area contributed by atoms with Crippen molar-refractivity contribution in [2.45, 2.75) is 26.7 Å². The minimum absolute atomic E-state index is 0.0703. The van der Waals surface area contributed by atoms with Crippen LogP contribution in [-0.2, 0) is 4.79 Å². The van der Waals surface area contributed by atoms with E-state index in [9.17, 15) is 4.79 Å². The van der Waals surface area contributed by atoms with Gasteiger partial charge in [0.2, 0.25) is 0 Å². The summed E-state index contributed by atoms with van der Waals surface area (Å²) in [4.78, 5) is 9.82. The Morgan fingerprint density at radius 1 is 1.62 bits per heavy atom. The van der Waals surface area contributed by atoms with Crippen LogP contribution in [0.1, 0.15) is 26.7 Å². The fourth-order valence-electron chi connectivity index (χ4n) is 0.450. The first kappa shape index (κ1) is 7.67. The summed E-state index contributed by atoms with van der Waals surface area (Å²) in [7, 11) is 0. The highest BCUT2D eigenvalue weighted by Crippen LogP contribution is 2.18. The molecule has 0 aromatic carbocycles. The molecule has 1 heteroatoms. The average molecular weight is 113 g/mol. The molecule has 1 radical (unpaired) electrons. The van der Waals surface area contributed by atoms with E-state index in [2.05, 4.69) is 6.92 Å². The molecule has 0 aliphatic carbocycles. The predicted molar refractivity (Wildman–Crippen MR) is 34.4 cm³/mol. The molecule has 0 aliphatic rings. The molecule has 0 heterocycles. The van der Waals surface area contributed by atoms with Gasteiger partial charge in [0, 0.05) is 6.42 Å². The Kier molecular flexibility index (Phi) is 2.74. The van der Waals surface area contributed by atoms with Gasteiger partial charge in [-0.1, -0.05) is 13.8 Å². The van der Waals surface area contributed by atoms with Crippen LogP contribution in [0.15, 0.2) is 0 Å². The van der Waals surface area contributed by atoms with Crippen LogP contribution in [0, 0.1) is 12.3 Å². The van der Waals surface area contributed by atoms with E-state index in [1.165, 1.54) is 0 Å². The zero-order valence-corrected chi connectivity index (χ0v) is 5.61. The first-order valence-electron chi connectivity index (χ1n) is 2.85. The normalized spacial score (nSPS) is 11.4. The highest BCUT2D eigenvalue weighted by atomic mass is 16.1. The van der Waals surface area contributed by atoms with E-state index in [4.69, 9.17) is 0 Å². The van der Waals surface area contributed by atoms with Crippen LogP contribution >= 0.6 is 0 Å². The minimum atomic E-state index is 0.0703. The maximum atomic E-state index is 9.82. The molecule has 0 spiro atoms. The molecule has 0 atom stereocenters. The monoisotopic (exact) mass is 113 g/mol. The number of carbonyl (C=O) groups excluding carboxylic acids is 1. The molecular formula is C7H13O. The third kappa shape index (κ3) is 5.67. The third-order valence-corrected chi connectivity index (χ3v) is 0.939. The highest BCUT2D eigenvalue weighted by molar-refractivity contribution is 5.49. The van der Waals surface area contributed by atoms with Gasteiger partial charge in [-0.05, 0) is 18.8 Å². The number of hydrogen-bond acceptors (Lipinski definition) is 1. The van der Waals surface area contributed by atoms with Crippen LogP contribution in [0.4, 0.5) is 0 Å². The molecule has 8 heavy (non-hydrogen) atoms. The van der Waals surface area contributed by atoms with Gasteiger partial charge < -0.3 is 4.79 Å². The maximum absolute atomic E-state index is 9.82. The fraction of sp³-hybridized carbons (Fsp3) is 0.714. The molecule has 0 aliphatic heterocycles. The lowest BCUT2D eigenvalue weighted by molar-refractivity contribution is -0.108. The van der Waals surface area contributed by atoms with E-state index in [1.807, 2.05) is 13.8 Å². The molecule has 0 saturated heterocycles. The number of aldehydes is 1. The molecule has 47 valence electrons. The van der Waals surface area contributed by atoms with Crippen LogP contribution in [0.25, 0.3) is 0 Å². The second kappa shape index (κ2) is 2.85. The van der Waals surface area contributed by atoms with E-state index >= 15 is 0 Å². The Balaban J connectivity index is 3.24. The maximum Gasteiger partial charge on any atom is 0.120 e. The lowest BCUT2D eigenvalue weighted by Gasteiger charge is -2.14. The molecule has 0 bridgehead atoms. The summed E-state index contributed by atoms with van der Waals surface area (Å²) >= 11 is 0.